The molecule has 3 atom stereocenters. The summed E-state index contributed by atoms with van der Waals surface area (Å²) in [5, 5.41) is 13.8. The van der Waals surface area contributed by atoms with Crippen molar-refractivity contribution in [2.75, 3.05) is 0 Å². The van der Waals surface area contributed by atoms with Crippen LogP contribution in [0.4, 0.5) is 5.69 Å². The lowest BCUT2D eigenvalue weighted by molar-refractivity contribution is -0.386. The Morgan fingerprint density at radius 1 is 1.25 bits per heavy atom. The fraction of sp³-hybridized carbons (Fsp3) is 0.500. The lowest BCUT2D eigenvalue weighted by Gasteiger charge is -2.39. The molecule has 1 aliphatic carbocycles. The maximum absolute atomic E-state index is 12.1. The largest absolute Gasteiger partial charge is 0.350 e. The molecule has 0 unspecified atom stereocenters. The van der Waals surface area contributed by atoms with Crippen LogP contribution >= 0.6 is 0 Å². The highest BCUT2D eigenvalue weighted by Gasteiger charge is 2.40. The van der Waals surface area contributed by atoms with Crippen LogP contribution in [0.2, 0.25) is 0 Å². The van der Waals surface area contributed by atoms with Gasteiger partial charge in [-0.1, -0.05) is 25.0 Å². The molecular formula is C14H16N2O4. The molecule has 1 amide bonds. The summed E-state index contributed by atoms with van der Waals surface area (Å²) in [7, 11) is 0. The van der Waals surface area contributed by atoms with Gasteiger partial charge in [-0.3, -0.25) is 14.9 Å². The highest BCUT2D eigenvalue weighted by Crippen LogP contribution is 2.36. The highest BCUT2D eigenvalue weighted by atomic mass is 16.6. The Bertz CT molecular complexity index is 546. The minimum Gasteiger partial charge on any atom is -0.350 e. The zero-order valence-electron chi connectivity index (χ0n) is 11.0. The molecule has 2 aliphatic rings. The minimum absolute atomic E-state index is 0.0212. The van der Waals surface area contributed by atoms with E-state index in [9.17, 15) is 14.9 Å². The zero-order valence-corrected chi connectivity index (χ0v) is 11.0. The fourth-order valence-electron chi connectivity index (χ4n) is 3.03. The van der Waals surface area contributed by atoms with Gasteiger partial charge >= 0.3 is 0 Å². The van der Waals surface area contributed by atoms with Crippen LogP contribution in [-0.2, 0) is 9.53 Å². The van der Waals surface area contributed by atoms with Crippen molar-refractivity contribution in [3.05, 3.63) is 39.9 Å². The quantitative estimate of drug-likeness (QED) is 0.663. The topological polar surface area (TPSA) is 81.5 Å². The highest BCUT2D eigenvalue weighted by molar-refractivity contribution is 5.80. The van der Waals surface area contributed by atoms with Gasteiger partial charge in [-0.25, -0.2) is 0 Å². The molecule has 6 heteroatoms. The van der Waals surface area contributed by atoms with Gasteiger partial charge in [0.1, 0.15) is 0 Å². The van der Waals surface area contributed by atoms with Crippen LogP contribution in [0.3, 0.4) is 0 Å². The second-order valence-electron chi connectivity index (χ2n) is 5.27. The molecule has 20 heavy (non-hydrogen) atoms. The summed E-state index contributed by atoms with van der Waals surface area (Å²) >= 11 is 0. The summed E-state index contributed by atoms with van der Waals surface area (Å²) < 4.78 is 5.90. The fourth-order valence-corrected chi connectivity index (χ4v) is 3.03. The smallest absolute Gasteiger partial charge is 0.277 e. The number of amides is 1. The van der Waals surface area contributed by atoms with Gasteiger partial charge in [-0.2, -0.15) is 0 Å². The number of hydrogen-bond donors (Lipinski definition) is 1. The van der Waals surface area contributed by atoms with Gasteiger partial charge < -0.3 is 10.1 Å². The number of nitro groups is 1. The number of fused-ring (bicyclic) bond motifs is 1. The zero-order chi connectivity index (χ0) is 14.1. The van der Waals surface area contributed by atoms with Crippen molar-refractivity contribution >= 4 is 11.6 Å². The molecule has 6 nitrogen and oxygen atoms in total. The predicted molar refractivity (Wildman–Crippen MR) is 70.8 cm³/mol. The molecule has 1 saturated heterocycles. The average molecular weight is 276 g/mol. The number of rotatable bonds is 2. The van der Waals surface area contributed by atoms with Gasteiger partial charge in [0.25, 0.3) is 5.69 Å². The molecule has 1 aliphatic heterocycles. The first kappa shape index (κ1) is 13.1. The van der Waals surface area contributed by atoms with Crippen molar-refractivity contribution in [3.63, 3.8) is 0 Å². The van der Waals surface area contributed by atoms with Crippen molar-refractivity contribution in [3.8, 4) is 0 Å². The molecule has 0 aromatic heterocycles. The Kier molecular flexibility index (Phi) is 3.40. The second kappa shape index (κ2) is 5.20. The van der Waals surface area contributed by atoms with E-state index in [0.29, 0.717) is 5.56 Å². The first-order valence-corrected chi connectivity index (χ1v) is 6.86. The third-order valence-electron chi connectivity index (χ3n) is 4.04. The Hall–Kier alpha value is -1.95. The Balaban J connectivity index is 1.88. The van der Waals surface area contributed by atoms with Crippen molar-refractivity contribution in [1.29, 1.82) is 0 Å². The lowest BCUT2D eigenvalue weighted by atomic mass is 9.84. The first-order valence-electron chi connectivity index (χ1n) is 6.86. The Morgan fingerprint density at radius 2 is 2.00 bits per heavy atom. The maximum Gasteiger partial charge on any atom is 0.277 e. The van der Waals surface area contributed by atoms with E-state index in [1.54, 1.807) is 18.2 Å². The molecular weight excluding hydrogens is 260 g/mol. The number of carbonyl (C=O) groups is 1. The average Bonchev–Trinajstić information content (AvgIpc) is 2.47. The van der Waals surface area contributed by atoms with E-state index in [-0.39, 0.29) is 23.6 Å². The van der Waals surface area contributed by atoms with Crippen LogP contribution in [0.25, 0.3) is 0 Å². The van der Waals surface area contributed by atoms with E-state index in [4.69, 9.17) is 4.74 Å². The van der Waals surface area contributed by atoms with Crippen LogP contribution in [0.1, 0.15) is 37.5 Å². The van der Waals surface area contributed by atoms with E-state index < -0.39 is 11.2 Å². The Morgan fingerprint density at radius 3 is 2.80 bits per heavy atom. The number of nitro benzene ring substituents is 1. The van der Waals surface area contributed by atoms with E-state index >= 15 is 0 Å². The SMILES string of the molecule is O=C1N[C@@H](c2ccccc2[N+](=O)[O-])O[C@H]2CCCC[C@@H]12. The number of ether oxygens (including phenoxy) is 1. The summed E-state index contributed by atoms with van der Waals surface area (Å²) in [6.45, 7) is 0. The van der Waals surface area contributed by atoms with Crippen molar-refractivity contribution in [2.24, 2.45) is 5.92 Å². The number of nitrogens with one attached hydrogen (secondary N) is 1. The van der Waals surface area contributed by atoms with Gasteiger partial charge in [-0.05, 0) is 18.9 Å². The Labute approximate surface area is 116 Å². The molecule has 1 N–H and O–H groups in total. The van der Waals surface area contributed by atoms with Gasteiger partial charge in [-0.15, -0.1) is 0 Å². The van der Waals surface area contributed by atoms with E-state index in [2.05, 4.69) is 5.32 Å². The monoisotopic (exact) mass is 276 g/mol. The molecule has 3 rings (SSSR count). The van der Waals surface area contributed by atoms with Gasteiger partial charge in [0.05, 0.1) is 22.5 Å². The summed E-state index contributed by atoms with van der Waals surface area (Å²) in [6, 6.07) is 6.38. The molecule has 1 saturated carbocycles. The van der Waals surface area contributed by atoms with Gasteiger partial charge in [0, 0.05) is 6.07 Å². The molecule has 0 bridgehead atoms. The summed E-state index contributed by atoms with van der Waals surface area (Å²) in [6.07, 6.45) is 2.91. The maximum atomic E-state index is 12.1. The molecule has 2 fully saturated rings. The van der Waals surface area contributed by atoms with Crippen LogP contribution in [0.15, 0.2) is 24.3 Å². The molecule has 1 heterocycles. The number of nitrogens with zero attached hydrogens (tertiary/aromatic N) is 1. The molecule has 0 spiro atoms. The van der Waals surface area contributed by atoms with Crippen LogP contribution in [-0.4, -0.2) is 16.9 Å². The summed E-state index contributed by atoms with van der Waals surface area (Å²) in [5.74, 6) is -0.160. The second-order valence-corrected chi connectivity index (χ2v) is 5.27. The number of para-hydroxylation sites is 1. The molecule has 1 aromatic carbocycles. The standard InChI is InChI=1S/C14H16N2O4/c17-13-10-6-2-4-8-12(10)20-14(15-13)9-5-1-3-7-11(9)16(18)19/h1,3,5,7,10,12,14H,2,4,6,8H2,(H,15,17)/t10-,12+,14-/m1/s1. The molecule has 0 radical (unpaired) electrons. The number of benzene rings is 1. The third-order valence-corrected chi connectivity index (χ3v) is 4.04. The van der Waals surface area contributed by atoms with Crippen LogP contribution in [0, 0.1) is 16.0 Å². The van der Waals surface area contributed by atoms with Crippen molar-refractivity contribution < 1.29 is 14.5 Å². The lowest BCUT2D eigenvalue weighted by Crippen LogP contribution is -2.49. The predicted octanol–water partition coefficient (Wildman–Crippen LogP) is 2.30. The van der Waals surface area contributed by atoms with Gasteiger partial charge in [0.15, 0.2) is 6.23 Å². The van der Waals surface area contributed by atoms with Crippen molar-refractivity contribution in [1.82, 2.24) is 5.32 Å². The summed E-state index contributed by atoms with van der Waals surface area (Å²) in [5.41, 5.74) is 0.391. The van der Waals surface area contributed by atoms with E-state index in [1.807, 2.05) is 0 Å². The number of carbonyl (C=O) groups excluding carboxylic acids is 1. The minimum atomic E-state index is -0.719. The van der Waals surface area contributed by atoms with Gasteiger partial charge in [0.2, 0.25) is 5.91 Å². The normalized spacial score (nSPS) is 29.4. The number of hydrogen-bond acceptors (Lipinski definition) is 4. The molecule has 1 aromatic rings. The molecule has 106 valence electrons. The van der Waals surface area contributed by atoms with E-state index in [0.717, 1.165) is 25.7 Å². The van der Waals surface area contributed by atoms with Crippen LogP contribution in [0.5, 0.6) is 0 Å². The van der Waals surface area contributed by atoms with Crippen LogP contribution < -0.4 is 5.32 Å². The van der Waals surface area contributed by atoms with Crippen molar-refractivity contribution in [2.45, 2.75) is 38.0 Å². The first-order chi connectivity index (χ1) is 9.66. The van der Waals surface area contributed by atoms with E-state index in [1.165, 1.54) is 6.07 Å². The summed E-state index contributed by atoms with van der Waals surface area (Å²) in [4.78, 5) is 22.8. The third kappa shape index (κ3) is 2.27.